The highest BCUT2D eigenvalue weighted by Crippen LogP contribution is 2.17. The second kappa shape index (κ2) is 9.50. The van der Waals surface area contributed by atoms with Crippen LogP contribution in [0.5, 0.6) is 0 Å². The third-order valence-electron chi connectivity index (χ3n) is 4.48. The van der Waals surface area contributed by atoms with Gasteiger partial charge in [0.15, 0.2) is 5.96 Å². The van der Waals surface area contributed by atoms with E-state index in [4.69, 9.17) is 0 Å². The Morgan fingerprint density at radius 1 is 1.21 bits per heavy atom. The summed E-state index contributed by atoms with van der Waals surface area (Å²) in [7, 11) is 1.79. The van der Waals surface area contributed by atoms with Crippen LogP contribution in [0.25, 0.3) is 5.69 Å². The summed E-state index contributed by atoms with van der Waals surface area (Å²) in [5.41, 5.74) is 4.41. The van der Waals surface area contributed by atoms with E-state index in [-0.39, 0.29) is 0 Å². The molecule has 0 bridgehead atoms. The molecule has 0 unspecified atom stereocenters. The second-order valence-electron chi connectivity index (χ2n) is 6.64. The monoisotopic (exact) mass is 396 g/mol. The zero-order valence-corrected chi connectivity index (χ0v) is 17.8. The Morgan fingerprint density at radius 3 is 2.71 bits per heavy atom. The van der Waals surface area contributed by atoms with Gasteiger partial charge in [-0.15, -0.1) is 11.3 Å². The summed E-state index contributed by atoms with van der Waals surface area (Å²) >= 11 is 1.78. The molecule has 0 aliphatic rings. The first-order chi connectivity index (χ1) is 13.6. The molecule has 0 aliphatic heterocycles. The van der Waals surface area contributed by atoms with Gasteiger partial charge in [0.25, 0.3) is 0 Å². The normalized spacial score (nSPS) is 11.6. The standard InChI is InChI=1S/C21H28N6S/c1-5-18-14-24-20(28-18)10-11-23-21(22-4)25-13-17-8-6-7-9-19(17)27-16(3)12-15(2)26-27/h6-9,12,14H,5,10-11,13H2,1-4H3,(H2,22,23,25). The number of nitrogens with zero attached hydrogens (tertiary/aromatic N) is 4. The predicted molar refractivity (Wildman–Crippen MR) is 116 cm³/mol. The molecule has 0 radical (unpaired) electrons. The third kappa shape index (κ3) is 4.98. The van der Waals surface area contributed by atoms with Crippen LogP contribution >= 0.6 is 11.3 Å². The molecule has 0 saturated heterocycles. The zero-order chi connectivity index (χ0) is 19.9. The third-order valence-corrected chi connectivity index (χ3v) is 5.68. The number of rotatable bonds is 7. The van der Waals surface area contributed by atoms with E-state index in [2.05, 4.69) is 63.8 Å². The van der Waals surface area contributed by atoms with Crippen molar-refractivity contribution in [3.8, 4) is 5.69 Å². The molecule has 1 aromatic carbocycles. The maximum Gasteiger partial charge on any atom is 0.191 e. The number of thiazole rings is 1. The largest absolute Gasteiger partial charge is 0.356 e. The number of hydrogen-bond acceptors (Lipinski definition) is 4. The first-order valence-corrected chi connectivity index (χ1v) is 10.4. The lowest BCUT2D eigenvalue weighted by Gasteiger charge is -2.15. The van der Waals surface area contributed by atoms with E-state index in [9.17, 15) is 0 Å². The molecule has 0 aliphatic carbocycles. The van der Waals surface area contributed by atoms with Crippen LogP contribution in [0.1, 0.15) is 33.8 Å². The number of benzene rings is 1. The summed E-state index contributed by atoms with van der Waals surface area (Å²) in [5, 5.41) is 12.6. The fourth-order valence-corrected chi connectivity index (χ4v) is 3.92. The predicted octanol–water partition coefficient (Wildman–Crippen LogP) is 3.42. The Labute approximate surface area is 170 Å². The van der Waals surface area contributed by atoms with Crippen LogP contribution in [0.2, 0.25) is 0 Å². The lowest BCUT2D eigenvalue weighted by molar-refractivity contribution is 0.774. The van der Waals surface area contributed by atoms with Crippen LogP contribution in [-0.4, -0.2) is 34.3 Å². The molecule has 2 heterocycles. The maximum absolute atomic E-state index is 4.62. The highest BCUT2D eigenvalue weighted by molar-refractivity contribution is 7.11. The number of guanidine groups is 1. The van der Waals surface area contributed by atoms with Gasteiger partial charge in [-0.05, 0) is 38.0 Å². The molecule has 2 N–H and O–H groups in total. The number of hydrogen-bond donors (Lipinski definition) is 2. The molecule has 2 aromatic heterocycles. The first-order valence-electron chi connectivity index (χ1n) is 9.60. The Kier molecular flexibility index (Phi) is 6.81. The van der Waals surface area contributed by atoms with E-state index in [0.29, 0.717) is 6.54 Å². The molecule has 0 amide bonds. The smallest absolute Gasteiger partial charge is 0.191 e. The Bertz CT molecular complexity index is 940. The van der Waals surface area contributed by atoms with E-state index < -0.39 is 0 Å². The van der Waals surface area contributed by atoms with Crippen molar-refractivity contribution in [3.05, 3.63) is 63.4 Å². The Balaban J connectivity index is 1.59. The van der Waals surface area contributed by atoms with Gasteiger partial charge in [-0.25, -0.2) is 9.67 Å². The van der Waals surface area contributed by atoms with Crippen molar-refractivity contribution in [3.63, 3.8) is 0 Å². The van der Waals surface area contributed by atoms with Crippen LogP contribution in [0, 0.1) is 13.8 Å². The quantitative estimate of drug-likeness (QED) is 0.474. The fourth-order valence-electron chi connectivity index (χ4n) is 3.05. The summed E-state index contributed by atoms with van der Waals surface area (Å²) in [4.78, 5) is 10.1. The molecule has 148 valence electrons. The molecule has 7 heteroatoms. The lowest BCUT2D eigenvalue weighted by atomic mass is 10.1. The fraction of sp³-hybridized carbons (Fsp3) is 0.381. The van der Waals surface area contributed by atoms with Crippen LogP contribution in [-0.2, 0) is 19.4 Å². The molecule has 6 nitrogen and oxygen atoms in total. The summed E-state index contributed by atoms with van der Waals surface area (Å²) in [6.45, 7) is 7.72. The minimum atomic E-state index is 0.672. The van der Waals surface area contributed by atoms with Crippen molar-refractivity contribution in [2.75, 3.05) is 13.6 Å². The summed E-state index contributed by atoms with van der Waals surface area (Å²) in [5.74, 6) is 0.787. The topological polar surface area (TPSA) is 67.1 Å². The lowest BCUT2D eigenvalue weighted by Crippen LogP contribution is -2.38. The summed E-state index contributed by atoms with van der Waals surface area (Å²) in [6.07, 6.45) is 3.92. The minimum absolute atomic E-state index is 0.672. The van der Waals surface area contributed by atoms with Crippen molar-refractivity contribution < 1.29 is 0 Å². The number of para-hydroxylation sites is 1. The van der Waals surface area contributed by atoms with Crippen molar-refractivity contribution in [2.45, 2.75) is 40.2 Å². The zero-order valence-electron chi connectivity index (χ0n) is 17.0. The van der Waals surface area contributed by atoms with Crippen molar-refractivity contribution in [1.82, 2.24) is 25.4 Å². The van der Waals surface area contributed by atoms with E-state index in [1.165, 1.54) is 10.4 Å². The number of aromatic nitrogens is 3. The van der Waals surface area contributed by atoms with E-state index >= 15 is 0 Å². The van der Waals surface area contributed by atoms with E-state index in [1.807, 2.05) is 23.9 Å². The average Bonchev–Trinajstić information content (AvgIpc) is 3.30. The van der Waals surface area contributed by atoms with E-state index in [1.54, 1.807) is 18.4 Å². The molecule has 28 heavy (non-hydrogen) atoms. The molecule has 0 spiro atoms. The van der Waals surface area contributed by atoms with Crippen LogP contribution in [0.4, 0.5) is 0 Å². The van der Waals surface area contributed by atoms with Crippen molar-refractivity contribution in [2.24, 2.45) is 4.99 Å². The minimum Gasteiger partial charge on any atom is -0.356 e. The highest BCUT2D eigenvalue weighted by atomic mass is 32.1. The maximum atomic E-state index is 4.62. The van der Waals surface area contributed by atoms with Gasteiger partial charge in [-0.1, -0.05) is 25.1 Å². The summed E-state index contributed by atoms with van der Waals surface area (Å²) < 4.78 is 2.00. The molecule has 3 aromatic rings. The molecule has 3 rings (SSSR count). The molecule has 0 atom stereocenters. The second-order valence-corrected chi connectivity index (χ2v) is 7.84. The SMILES string of the molecule is CCc1cnc(CCNC(=NC)NCc2ccccc2-n2nc(C)cc2C)s1. The van der Waals surface area contributed by atoms with E-state index in [0.717, 1.165) is 47.4 Å². The van der Waals surface area contributed by atoms with Crippen LogP contribution in [0.3, 0.4) is 0 Å². The molecular formula is C21H28N6S. The number of nitrogens with one attached hydrogen (secondary N) is 2. The molecule has 0 saturated carbocycles. The van der Waals surface area contributed by atoms with Gasteiger partial charge in [0, 0.05) is 43.3 Å². The van der Waals surface area contributed by atoms with Gasteiger partial charge in [0.2, 0.25) is 0 Å². The first kappa shape index (κ1) is 20.1. The van der Waals surface area contributed by atoms with Gasteiger partial charge < -0.3 is 10.6 Å². The number of aliphatic imine (C=N–C) groups is 1. The summed E-state index contributed by atoms with van der Waals surface area (Å²) in [6, 6.07) is 10.4. The van der Waals surface area contributed by atoms with Gasteiger partial charge in [-0.3, -0.25) is 4.99 Å². The van der Waals surface area contributed by atoms with Gasteiger partial charge >= 0.3 is 0 Å². The molecule has 0 fully saturated rings. The van der Waals surface area contributed by atoms with Crippen molar-refractivity contribution in [1.29, 1.82) is 0 Å². The number of aryl methyl sites for hydroxylation is 3. The van der Waals surface area contributed by atoms with Crippen LogP contribution in [0.15, 0.2) is 41.5 Å². The highest BCUT2D eigenvalue weighted by Gasteiger charge is 2.09. The van der Waals surface area contributed by atoms with Crippen molar-refractivity contribution >= 4 is 17.3 Å². The van der Waals surface area contributed by atoms with Gasteiger partial charge in [-0.2, -0.15) is 5.10 Å². The Morgan fingerprint density at radius 2 is 2.04 bits per heavy atom. The van der Waals surface area contributed by atoms with Crippen LogP contribution < -0.4 is 10.6 Å². The average molecular weight is 397 g/mol. The van der Waals surface area contributed by atoms with Gasteiger partial charge in [0.05, 0.1) is 16.4 Å². The van der Waals surface area contributed by atoms with Gasteiger partial charge in [0.1, 0.15) is 0 Å². The Hall–Kier alpha value is -2.67. The molecular weight excluding hydrogens is 368 g/mol.